The molecule has 0 unspecified atom stereocenters. The summed E-state index contributed by atoms with van der Waals surface area (Å²) in [7, 11) is 1.59. The van der Waals surface area contributed by atoms with E-state index in [0.29, 0.717) is 49.5 Å². The Labute approximate surface area is 218 Å². The van der Waals surface area contributed by atoms with Gasteiger partial charge in [-0.15, -0.1) is 0 Å². The summed E-state index contributed by atoms with van der Waals surface area (Å²) >= 11 is 0. The second kappa shape index (κ2) is 15.2. The van der Waals surface area contributed by atoms with Crippen LogP contribution < -0.4 is 15.8 Å². The molecule has 0 radical (unpaired) electrons. The van der Waals surface area contributed by atoms with Crippen molar-refractivity contribution in [1.29, 1.82) is 0 Å². The lowest BCUT2D eigenvalue weighted by Gasteiger charge is -2.28. The number of unbranched alkanes of at least 4 members (excludes halogenated alkanes) is 1. The van der Waals surface area contributed by atoms with Crippen LogP contribution in [-0.2, 0) is 21.4 Å². The molecule has 0 aliphatic rings. The van der Waals surface area contributed by atoms with Crippen LogP contribution in [-0.4, -0.2) is 49.4 Å². The molecule has 7 nitrogen and oxygen atoms in total. The zero-order valence-electron chi connectivity index (χ0n) is 23.8. The Morgan fingerprint density at radius 3 is 2.33 bits per heavy atom. The number of carbonyl (C=O) groups excluding carboxylic acids is 2. The van der Waals surface area contributed by atoms with E-state index in [0.717, 1.165) is 24.0 Å². The van der Waals surface area contributed by atoms with Crippen molar-refractivity contribution in [2.75, 3.05) is 20.3 Å². The highest BCUT2D eigenvalue weighted by Gasteiger charge is 2.29. The van der Waals surface area contributed by atoms with Crippen molar-refractivity contribution < 1.29 is 24.2 Å². The average Bonchev–Trinajstić information content (AvgIpc) is 2.80. The van der Waals surface area contributed by atoms with Crippen LogP contribution in [0, 0.1) is 11.8 Å². The van der Waals surface area contributed by atoms with Crippen molar-refractivity contribution in [3.8, 4) is 5.75 Å². The van der Waals surface area contributed by atoms with E-state index >= 15 is 0 Å². The third kappa shape index (κ3) is 9.74. The number of benzene rings is 1. The Balaban J connectivity index is 3.05. The molecule has 1 aromatic carbocycles. The third-order valence-corrected chi connectivity index (χ3v) is 6.71. The molecule has 206 valence electrons. The SMILES string of the molecule is CCCCNC(=O)[C@@H](O)CC[C@H](N)C[C@H](Cc1ccc(C(C)(C)C)c(OC)c1C(=O)OCC)C(C)C. The number of methoxy groups -OCH3 is 1. The number of nitrogens with two attached hydrogens (primary N) is 1. The number of esters is 1. The van der Waals surface area contributed by atoms with Crippen molar-refractivity contribution >= 4 is 11.9 Å². The smallest absolute Gasteiger partial charge is 0.342 e. The fourth-order valence-corrected chi connectivity index (χ4v) is 4.41. The zero-order chi connectivity index (χ0) is 27.5. The minimum absolute atomic E-state index is 0.169. The third-order valence-electron chi connectivity index (χ3n) is 6.71. The van der Waals surface area contributed by atoms with E-state index in [2.05, 4.69) is 46.9 Å². The number of hydrogen-bond acceptors (Lipinski definition) is 6. The van der Waals surface area contributed by atoms with Crippen molar-refractivity contribution in [2.24, 2.45) is 17.6 Å². The highest BCUT2D eigenvalue weighted by molar-refractivity contribution is 5.95. The molecule has 0 aromatic heterocycles. The van der Waals surface area contributed by atoms with Gasteiger partial charge < -0.3 is 25.6 Å². The van der Waals surface area contributed by atoms with Crippen LogP contribution in [0.1, 0.15) is 102 Å². The number of ether oxygens (including phenoxy) is 2. The molecule has 7 heteroatoms. The quantitative estimate of drug-likeness (QED) is 0.234. The zero-order valence-corrected chi connectivity index (χ0v) is 23.8. The Morgan fingerprint density at radius 1 is 1.14 bits per heavy atom. The molecule has 3 atom stereocenters. The Bertz CT molecular complexity index is 832. The molecule has 1 rings (SSSR count). The fraction of sp³-hybridized carbons (Fsp3) is 0.724. The summed E-state index contributed by atoms with van der Waals surface area (Å²) in [5.41, 5.74) is 8.60. The van der Waals surface area contributed by atoms with Gasteiger partial charge in [-0.3, -0.25) is 4.79 Å². The van der Waals surface area contributed by atoms with Gasteiger partial charge in [0.1, 0.15) is 17.4 Å². The number of aliphatic hydroxyl groups is 1. The summed E-state index contributed by atoms with van der Waals surface area (Å²) in [5, 5.41) is 13.0. The van der Waals surface area contributed by atoms with E-state index in [-0.39, 0.29) is 35.9 Å². The van der Waals surface area contributed by atoms with Gasteiger partial charge in [0.05, 0.1) is 13.7 Å². The Morgan fingerprint density at radius 2 is 1.81 bits per heavy atom. The number of rotatable bonds is 15. The molecule has 1 aromatic rings. The van der Waals surface area contributed by atoms with Crippen LogP contribution in [0.2, 0.25) is 0 Å². The van der Waals surface area contributed by atoms with Gasteiger partial charge in [-0.1, -0.05) is 60.1 Å². The van der Waals surface area contributed by atoms with E-state index in [4.69, 9.17) is 15.2 Å². The second-order valence-electron chi connectivity index (χ2n) is 11.1. The molecule has 0 aliphatic heterocycles. The molecule has 0 heterocycles. The van der Waals surface area contributed by atoms with E-state index < -0.39 is 6.10 Å². The van der Waals surface area contributed by atoms with Crippen LogP contribution in [0.4, 0.5) is 0 Å². The van der Waals surface area contributed by atoms with Crippen LogP contribution in [0.25, 0.3) is 0 Å². The van der Waals surface area contributed by atoms with E-state index in [1.54, 1.807) is 14.0 Å². The summed E-state index contributed by atoms with van der Waals surface area (Å²) in [5.74, 6) is 0.388. The summed E-state index contributed by atoms with van der Waals surface area (Å²) in [6, 6.07) is 3.89. The summed E-state index contributed by atoms with van der Waals surface area (Å²) in [6.07, 6.45) is 3.07. The predicted octanol–water partition coefficient (Wildman–Crippen LogP) is 4.76. The molecular formula is C29H50N2O5. The number of aliphatic hydroxyl groups excluding tert-OH is 1. The Kier molecular flexibility index (Phi) is 13.5. The number of amides is 1. The molecule has 0 saturated carbocycles. The molecule has 36 heavy (non-hydrogen) atoms. The monoisotopic (exact) mass is 506 g/mol. The van der Waals surface area contributed by atoms with Crippen molar-refractivity contribution in [1.82, 2.24) is 5.32 Å². The minimum Gasteiger partial charge on any atom is -0.496 e. The molecule has 0 fully saturated rings. The topological polar surface area (TPSA) is 111 Å². The van der Waals surface area contributed by atoms with Crippen LogP contribution in [0.5, 0.6) is 5.75 Å². The van der Waals surface area contributed by atoms with Gasteiger partial charge >= 0.3 is 5.97 Å². The van der Waals surface area contributed by atoms with Crippen molar-refractivity contribution in [3.63, 3.8) is 0 Å². The number of nitrogens with one attached hydrogen (secondary N) is 1. The maximum absolute atomic E-state index is 13.0. The fourth-order valence-electron chi connectivity index (χ4n) is 4.41. The number of hydrogen-bond donors (Lipinski definition) is 3. The molecule has 4 N–H and O–H groups in total. The molecule has 0 saturated heterocycles. The molecule has 0 spiro atoms. The normalized spacial score (nSPS) is 14.3. The highest BCUT2D eigenvalue weighted by atomic mass is 16.5. The maximum Gasteiger partial charge on any atom is 0.342 e. The van der Waals surface area contributed by atoms with E-state index in [9.17, 15) is 14.7 Å². The van der Waals surface area contributed by atoms with Gasteiger partial charge in [0.15, 0.2) is 0 Å². The lowest BCUT2D eigenvalue weighted by atomic mass is 9.79. The molecule has 0 bridgehead atoms. The van der Waals surface area contributed by atoms with Crippen molar-refractivity contribution in [3.05, 3.63) is 28.8 Å². The summed E-state index contributed by atoms with van der Waals surface area (Å²) in [4.78, 5) is 25.1. The highest BCUT2D eigenvalue weighted by Crippen LogP contribution is 2.38. The summed E-state index contributed by atoms with van der Waals surface area (Å²) in [6.45, 7) is 15.3. The van der Waals surface area contributed by atoms with Gasteiger partial charge in [-0.2, -0.15) is 0 Å². The Hall–Kier alpha value is -2.12. The van der Waals surface area contributed by atoms with Gasteiger partial charge in [0.2, 0.25) is 5.91 Å². The molecule has 1 amide bonds. The van der Waals surface area contributed by atoms with Crippen LogP contribution in [0.3, 0.4) is 0 Å². The predicted molar refractivity (Wildman–Crippen MR) is 145 cm³/mol. The average molecular weight is 507 g/mol. The maximum atomic E-state index is 13.0. The van der Waals surface area contributed by atoms with Crippen LogP contribution in [0.15, 0.2) is 12.1 Å². The van der Waals surface area contributed by atoms with E-state index in [1.165, 1.54) is 0 Å². The molecule has 0 aliphatic carbocycles. The number of carbonyl (C=O) groups is 2. The van der Waals surface area contributed by atoms with E-state index in [1.807, 2.05) is 12.1 Å². The standard InChI is InChI=1S/C29H50N2O5/c1-9-11-16-31-27(33)24(32)15-13-22(30)18-21(19(3)4)17-20-12-14-23(29(5,6)7)26(35-8)25(20)28(34)36-10-2/h12,14,19,21-22,24,32H,9-11,13,15-18,30H2,1-8H3,(H,31,33)/t21-,22-,24-/m0/s1. The van der Waals surface area contributed by atoms with Gasteiger partial charge in [0.25, 0.3) is 0 Å². The molecular weight excluding hydrogens is 456 g/mol. The second-order valence-corrected chi connectivity index (χ2v) is 11.1. The lowest BCUT2D eigenvalue weighted by molar-refractivity contribution is -0.129. The van der Waals surface area contributed by atoms with Gasteiger partial charge in [0, 0.05) is 18.2 Å². The summed E-state index contributed by atoms with van der Waals surface area (Å²) < 4.78 is 11.2. The lowest BCUT2D eigenvalue weighted by Crippen LogP contribution is -2.36. The first-order chi connectivity index (χ1) is 16.9. The first kappa shape index (κ1) is 31.9. The first-order valence-electron chi connectivity index (χ1n) is 13.5. The largest absolute Gasteiger partial charge is 0.496 e. The first-order valence-corrected chi connectivity index (χ1v) is 13.5. The van der Waals surface area contributed by atoms with Gasteiger partial charge in [-0.05, 0) is 61.8 Å². The minimum atomic E-state index is -1.05. The van der Waals surface area contributed by atoms with Crippen molar-refractivity contribution in [2.45, 2.75) is 105 Å². The van der Waals surface area contributed by atoms with Crippen LogP contribution >= 0.6 is 0 Å². The van der Waals surface area contributed by atoms with Gasteiger partial charge in [-0.25, -0.2) is 4.79 Å².